The van der Waals surface area contributed by atoms with Crippen LogP contribution >= 0.6 is 35.3 Å². The molecular formula is C21H33IN4OS. The molecule has 5 nitrogen and oxygen atoms in total. The highest BCUT2D eigenvalue weighted by atomic mass is 127. The summed E-state index contributed by atoms with van der Waals surface area (Å²) < 4.78 is 5.61. The lowest BCUT2D eigenvalue weighted by atomic mass is 9.88. The van der Waals surface area contributed by atoms with Gasteiger partial charge >= 0.3 is 0 Å². The third kappa shape index (κ3) is 5.97. The average molecular weight is 516 g/mol. The number of nitrogens with zero attached hydrogens (tertiary/aromatic N) is 2. The highest BCUT2D eigenvalue weighted by Gasteiger charge is 2.31. The minimum atomic E-state index is 0. The average Bonchev–Trinajstić information content (AvgIpc) is 3.27. The van der Waals surface area contributed by atoms with Crippen molar-refractivity contribution < 1.29 is 4.42 Å². The first-order chi connectivity index (χ1) is 13.1. The zero-order valence-electron chi connectivity index (χ0n) is 17.3. The lowest BCUT2D eigenvalue weighted by Crippen LogP contribution is -2.44. The van der Waals surface area contributed by atoms with Crippen molar-refractivity contribution in [2.24, 2.45) is 10.9 Å². The van der Waals surface area contributed by atoms with E-state index in [-0.39, 0.29) is 24.0 Å². The molecule has 0 bridgehead atoms. The molecule has 1 fully saturated rings. The first-order valence-corrected chi connectivity index (χ1v) is 10.8. The fourth-order valence-corrected chi connectivity index (χ4v) is 4.94. The molecular weight excluding hydrogens is 483 g/mol. The summed E-state index contributed by atoms with van der Waals surface area (Å²) in [6, 6.07) is 7.00. The number of furan rings is 1. The quantitative estimate of drug-likeness (QED) is 0.332. The minimum Gasteiger partial charge on any atom is -0.466 e. The summed E-state index contributed by atoms with van der Waals surface area (Å²) in [7, 11) is 2.25. The van der Waals surface area contributed by atoms with Crippen molar-refractivity contribution in [3.8, 4) is 0 Å². The second-order valence-electron chi connectivity index (χ2n) is 7.36. The van der Waals surface area contributed by atoms with Gasteiger partial charge < -0.3 is 15.1 Å². The first kappa shape index (κ1) is 23.2. The van der Waals surface area contributed by atoms with E-state index >= 15 is 0 Å². The van der Waals surface area contributed by atoms with Crippen molar-refractivity contribution in [1.82, 2.24) is 15.5 Å². The first-order valence-electron chi connectivity index (χ1n) is 9.90. The third-order valence-electron chi connectivity index (χ3n) is 5.27. The van der Waals surface area contributed by atoms with E-state index in [4.69, 9.17) is 9.41 Å². The molecule has 1 saturated heterocycles. The van der Waals surface area contributed by atoms with Crippen molar-refractivity contribution in [1.29, 1.82) is 0 Å². The maximum absolute atomic E-state index is 5.61. The molecule has 156 valence electrons. The van der Waals surface area contributed by atoms with E-state index in [1.165, 1.54) is 24.3 Å². The molecule has 0 saturated carbocycles. The second kappa shape index (κ2) is 11.2. The predicted molar refractivity (Wildman–Crippen MR) is 129 cm³/mol. The smallest absolute Gasteiger partial charge is 0.191 e. The Morgan fingerprint density at radius 1 is 1.36 bits per heavy atom. The predicted octanol–water partition coefficient (Wildman–Crippen LogP) is 4.71. The molecule has 7 heteroatoms. The fourth-order valence-electron chi connectivity index (χ4n) is 3.96. The number of rotatable bonds is 6. The molecule has 0 aromatic carbocycles. The summed E-state index contributed by atoms with van der Waals surface area (Å²) in [4.78, 5) is 8.74. The zero-order valence-corrected chi connectivity index (χ0v) is 20.5. The fraction of sp³-hybridized carbons (Fsp3) is 0.571. The molecule has 28 heavy (non-hydrogen) atoms. The largest absolute Gasteiger partial charge is 0.466 e. The van der Waals surface area contributed by atoms with Crippen molar-refractivity contribution in [2.45, 2.75) is 46.2 Å². The molecule has 0 aliphatic carbocycles. The summed E-state index contributed by atoms with van der Waals surface area (Å²) in [6.07, 6.45) is 2.51. The molecule has 0 spiro atoms. The molecule has 3 heterocycles. The minimum absolute atomic E-state index is 0. The number of aliphatic imine (C=N–C) groups is 1. The van der Waals surface area contributed by atoms with Gasteiger partial charge in [0.1, 0.15) is 11.5 Å². The summed E-state index contributed by atoms with van der Waals surface area (Å²) in [5.41, 5.74) is 1.15. The van der Waals surface area contributed by atoms with Crippen LogP contribution in [-0.2, 0) is 6.54 Å². The normalized spacial score (nSPS) is 20.6. The topological polar surface area (TPSA) is 52.8 Å². The second-order valence-corrected chi connectivity index (χ2v) is 8.34. The van der Waals surface area contributed by atoms with Gasteiger partial charge in [0.25, 0.3) is 0 Å². The van der Waals surface area contributed by atoms with Gasteiger partial charge in [-0.25, -0.2) is 4.99 Å². The number of nitrogens with one attached hydrogen (secondary N) is 2. The Morgan fingerprint density at radius 2 is 2.18 bits per heavy atom. The highest BCUT2D eigenvalue weighted by Crippen LogP contribution is 2.36. The van der Waals surface area contributed by atoms with E-state index in [0.717, 1.165) is 36.1 Å². The number of hydrogen-bond donors (Lipinski definition) is 2. The molecule has 2 atom stereocenters. The van der Waals surface area contributed by atoms with Crippen LogP contribution in [0.1, 0.15) is 47.8 Å². The van der Waals surface area contributed by atoms with E-state index < -0.39 is 0 Å². The number of guanidine groups is 1. The van der Waals surface area contributed by atoms with Gasteiger partial charge in [0.05, 0.1) is 6.54 Å². The van der Waals surface area contributed by atoms with Crippen molar-refractivity contribution in [3.05, 3.63) is 45.5 Å². The Kier molecular flexibility index (Phi) is 9.30. The lowest BCUT2D eigenvalue weighted by Gasteiger charge is -2.39. The highest BCUT2D eigenvalue weighted by molar-refractivity contribution is 14.0. The van der Waals surface area contributed by atoms with E-state index in [1.54, 1.807) is 0 Å². The lowest BCUT2D eigenvalue weighted by molar-refractivity contribution is 0.125. The number of halogens is 1. The number of hydrogen-bond acceptors (Lipinski definition) is 4. The van der Waals surface area contributed by atoms with Crippen LogP contribution < -0.4 is 10.6 Å². The Labute approximate surface area is 190 Å². The van der Waals surface area contributed by atoms with Crippen molar-refractivity contribution >= 4 is 41.3 Å². The van der Waals surface area contributed by atoms with Gasteiger partial charge in [-0.05, 0) is 70.6 Å². The van der Waals surface area contributed by atoms with Crippen LogP contribution in [0.3, 0.4) is 0 Å². The molecule has 0 amide bonds. The summed E-state index contributed by atoms with van der Waals surface area (Å²) in [6.45, 7) is 9.68. The molecule has 1 aliphatic heterocycles. The van der Waals surface area contributed by atoms with Gasteiger partial charge in [0, 0.05) is 29.6 Å². The monoisotopic (exact) mass is 516 g/mol. The summed E-state index contributed by atoms with van der Waals surface area (Å²) >= 11 is 1.87. The van der Waals surface area contributed by atoms with E-state index in [9.17, 15) is 0 Å². The summed E-state index contributed by atoms with van der Waals surface area (Å²) in [5, 5.41) is 9.15. The van der Waals surface area contributed by atoms with E-state index in [1.807, 2.05) is 25.2 Å². The van der Waals surface area contributed by atoms with Crippen molar-refractivity contribution in [2.75, 3.05) is 26.7 Å². The van der Waals surface area contributed by atoms with Crippen LogP contribution in [0, 0.1) is 19.8 Å². The Bertz CT molecular complexity index is 744. The van der Waals surface area contributed by atoms with Crippen LogP contribution in [0.25, 0.3) is 0 Å². The maximum atomic E-state index is 5.61. The molecule has 3 rings (SSSR count). The van der Waals surface area contributed by atoms with Crippen LogP contribution in [-0.4, -0.2) is 37.5 Å². The van der Waals surface area contributed by atoms with Crippen LogP contribution in [0.5, 0.6) is 0 Å². The van der Waals surface area contributed by atoms with Gasteiger partial charge in [-0.1, -0.05) is 6.07 Å². The van der Waals surface area contributed by atoms with Crippen LogP contribution in [0.2, 0.25) is 0 Å². The summed E-state index contributed by atoms with van der Waals surface area (Å²) in [5.74, 6) is 3.37. The Balaban J connectivity index is 0.00000280. The molecule has 0 radical (unpaired) electrons. The number of piperidine rings is 1. The third-order valence-corrected chi connectivity index (χ3v) is 6.21. The SMILES string of the molecule is CCNC(=NCc1cc(C)oc1C)NCC1CCCN(C)C1c1cccs1.I. The van der Waals surface area contributed by atoms with Crippen LogP contribution in [0.15, 0.2) is 33.0 Å². The number of likely N-dealkylation sites (tertiary alicyclic amines) is 1. The zero-order chi connectivity index (χ0) is 19.2. The van der Waals surface area contributed by atoms with E-state index in [0.29, 0.717) is 18.5 Å². The Morgan fingerprint density at radius 3 is 2.82 bits per heavy atom. The van der Waals surface area contributed by atoms with Crippen molar-refractivity contribution in [3.63, 3.8) is 0 Å². The Hall–Kier alpha value is -1.06. The standard InChI is InChI=1S/C21H32N4OS.HI/c1-5-22-21(24-14-18-12-15(2)26-16(18)3)23-13-17-8-6-10-25(4)20(17)19-9-7-11-27-19;/h7,9,11-12,17,20H,5-6,8,10,13-14H2,1-4H3,(H2,22,23,24);1H. The van der Waals surface area contributed by atoms with Gasteiger partial charge in [-0.3, -0.25) is 4.90 Å². The van der Waals surface area contributed by atoms with E-state index in [2.05, 4.69) is 53.1 Å². The molecule has 2 aromatic rings. The molecule has 1 aliphatic rings. The van der Waals surface area contributed by atoms with Gasteiger partial charge in [-0.2, -0.15) is 0 Å². The maximum Gasteiger partial charge on any atom is 0.191 e. The van der Waals surface area contributed by atoms with Gasteiger partial charge in [0.15, 0.2) is 5.96 Å². The van der Waals surface area contributed by atoms with Crippen LogP contribution in [0.4, 0.5) is 0 Å². The number of aryl methyl sites for hydroxylation is 2. The molecule has 2 unspecified atom stereocenters. The number of thiophene rings is 1. The molecule has 2 aromatic heterocycles. The molecule has 2 N–H and O–H groups in total. The van der Waals surface area contributed by atoms with Gasteiger partial charge in [-0.15, -0.1) is 35.3 Å². The van der Waals surface area contributed by atoms with Gasteiger partial charge in [0.2, 0.25) is 0 Å².